The molecular formula is C16H22IN7O2. The van der Waals surface area contributed by atoms with Crippen LogP contribution < -0.4 is 10.6 Å². The van der Waals surface area contributed by atoms with Gasteiger partial charge in [-0.2, -0.15) is 0 Å². The maximum absolute atomic E-state index is 5.55. The van der Waals surface area contributed by atoms with E-state index >= 15 is 0 Å². The second-order valence-electron chi connectivity index (χ2n) is 5.38. The van der Waals surface area contributed by atoms with Crippen molar-refractivity contribution in [2.45, 2.75) is 33.9 Å². The van der Waals surface area contributed by atoms with Crippen molar-refractivity contribution in [1.82, 2.24) is 30.8 Å². The number of hydrogen-bond acceptors (Lipinski definition) is 6. The second kappa shape index (κ2) is 9.36. The predicted molar refractivity (Wildman–Crippen MR) is 107 cm³/mol. The Bertz CT molecular complexity index is 819. The Morgan fingerprint density at radius 2 is 2.12 bits per heavy atom. The summed E-state index contributed by atoms with van der Waals surface area (Å²) in [6.45, 7) is 7.36. The number of aromatic amines is 1. The van der Waals surface area contributed by atoms with Crippen molar-refractivity contribution < 1.29 is 8.83 Å². The van der Waals surface area contributed by atoms with Crippen LogP contribution in [-0.2, 0) is 13.1 Å². The summed E-state index contributed by atoms with van der Waals surface area (Å²) in [6, 6.07) is 3.60. The van der Waals surface area contributed by atoms with Crippen molar-refractivity contribution in [2.24, 2.45) is 4.99 Å². The molecule has 0 atom stereocenters. The molecule has 0 unspecified atom stereocenters. The van der Waals surface area contributed by atoms with E-state index in [1.807, 2.05) is 26.8 Å². The van der Waals surface area contributed by atoms with Crippen LogP contribution in [0.5, 0.6) is 0 Å². The number of rotatable bonds is 6. The van der Waals surface area contributed by atoms with Crippen LogP contribution in [0, 0.1) is 13.8 Å². The minimum atomic E-state index is 0. The summed E-state index contributed by atoms with van der Waals surface area (Å²) in [6.07, 6.45) is 1.59. The van der Waals surface area contributed by atoms with Crippen LogP contribution in [0.3, 0.4) is 0 Å². The van der Waals surface area contributed by atoms with Gasteiger partial charge in [0.05, 0.1) is 18.5 Å². The Labute approximate surface area is 168 Å². The average molecular weight is 471 g/mol. The number of aryl methyl sites for hydroxylation is 2. The molecule has 10 heteroatoms. The van der Waals surface area contributed by atoms with Crippen molar-refractivity contribution >= 4 is 29.9 Å². The monoisotopic (exact) mass is 471 g/mol. The lowest BCUT2D eigenvalue weighted by molar-refractivity contribution is 0.463. The van der Waals surface area contributed by atoms with Crippen LogP contribution in [0.4, 0.5) is 0 Å². The quantitative estimate of drug-likeness (QED) is 0.287. The van der Waals surface area contributed by atoms with Gasteiger partial charge in [0, 0.05) is 6.54 Å². The fourth-order valence-electron chi connectivity index (χ4n) is 2.15. The Morgan fingerprint density at radius 1 is 1.27 bits per heavy atom. The van der Waals surface area contributed by atoms with Gasteiger partial charge < -0.3 is 19.5 Å². The lowest BCUT2D eigenvalue weighted by atomic mass is 10.4. The zero-order chi connectivity index (χ0) is 17.6. The van der Waals surface area contributed by atoms with Gasteiger partial charge in [0.15, 0.2) is 11.7 Å². The molecule has 0 aromatic carbocycles. The van der Waals surface area contributed by atoms with Crippen molar-refractivity contribution in [2.75, 3.05) is 6.54 Å². The van der Waals surface area contributed by atoms with Gasteiger partial charge in [-0.25, -0.2) is 15.0 Å². The normalized spacial score (nSPS) is 11.3. The Kier molecular flexibility index (Phi) is 7.18. The molecule has 0 aliphatic carbocycles. The predicted octanol–water partition coefficient (Wildman–Crippen LogP) is 2.54. The molecule has 3 rings (SSSR count). The van der Waals surface area contributed by atoms with Crippen molar-refractivity contribution in [3.8, 4) is 11.6 Å². The Morgan fingerprint density at radius 3 is 2.77 bits per heavy atom. The molecule has 0 amide bonds. The molecule has 0 spiro atoms. The maximum Gasteiger partial charge on any atom is 0.216 e. The van der Waals surface area contributed by atoms with Crippen LogP contribution in [0.15, 0.2) is 32.2 Å². The van der Waals surface area contributed by atoms with E-state index in [1.54, 1.807) is 12.3 Å². The van der Waals surface area contributed by atoms with Gasteiger partial charge in [-0.05, 0) is 32.9 Å². The summed E-state index contributed by atoms with van der Waals surface area (Å²) < 4.78 is 10.8. The van der Waals surface area contributed by atoms with Crippen LogP contribution in [-0.4, -0.2) is 32.7 Å². The Hall–Kier alpha value is -2.37. The zero-order valence-electron chi connectivity index (χ0n) is 14.9. The number of halogens is 1. The summed E-state index contributed by atoms with van der Waals surface area (Å²) in [5, 5.41) is 13.3. The average Bonchev–Trinajstić information content (AvgIpc) is 3.32. The Balaban J connectivity index is 0.00000243. The summed E-state index contributed by atoms with van der Waals surface area (Å²) in [4.78, 5) is 13.2. The molecule has 0 radical (unpaired) electrons. The first-order chi connectivity index (χ1) is 12.2. The van der Waals surface area contributed by atoms with Crippen molar-refractivity contribution in [3.05, 3.63) is 41.6 Å². The minimum absolute atomic E-state index is 0. The van der Waals surface area contributed by atoms with Gasteiger partial charge in [-0.1, -0.05) is 0 Å². The highest BCUT2D eigenvalue weighted by atomic mass is 127. The molecule has 0 saturated heterocycles. The van der Waals surface area contributed by atoms with Gasteiger partial charge in [-0.15, -0.1) is 29.1 Å². The minimum Gasteiger partial charge on any atom is -0.461 e. The standard InChI is InChI=1S/C16H21N7O2.HI/c1-4-17-16(19-9-14-20-10(2)11(3)25-14)18-8-13-21-15(23-22-13)12-6-5-7-24-12;/h5-7H,4,8-9H2,1-3H3,(H2,17,18,19)(H,21,22,23);1H. The number of guanidine groups is 1. The lowest BCUT2D eigenvalue weighted by Crippen LogP contribution is -2.36. The molecule has 3 heterocycles. The fourth-order valence-corrected chi connectivity index (χ4v) is 2.15. The number of hydrogen-bond donors (Lipinski definition) is 3. The van der Waals surface area contributed by atoms with E-state index in [2.05, 4.69) is 35.8 Å². The first-order valence-corrected chi connectivity index (χ1v) is 8.06. The molecule has 0 bridgehead atoms. The molecule has 140 valence electrons. The molecule has 0 fully saturated rings. The van der Waals surface area contributed by atoms with Gasteiger partial charge in [0.2, 0.25) is 11.7 Å². The third-order valence-corrected chi connectivity index (χ3v) is 3.48. The van der Waals surface area contributed by atoms with Crippen molar-refractivity contribution in [1.29, 1.82) is 0 Å². The molecule has 9 nitrogen and oxygen atoms in total. The van der Waals surface area contributed by atoms with E-state index < -0.39 is 0 Å². The fraction of sp³-hybridized carbons (Fsp3) is 0.375. The molecule has 3 aromatic heterocycles. The highest BCUT2D eigenvalue weighted by Gasteiger charge is 2.09. The van der Waals surface area contributed by atoms with E-state index in [4.69, 9.17) is 8.83 Å². The van der Waals surface area contributed by atoms with Crippen molar-refractivity contribution in [3.63, 3.8) is 0 Å². The molecule has 3 aromatic rings. The van der Waals surface area contributed by atoms with Gasteiger partial charge in [0.1, 0.15) is 18.1 Å². The molecule has 0 aliphatic rings. The first-order valence-electron chi connectivity index (χ1n) is 8.06. The highest BCUT2D eigenvalue weighted by Crippen LogP contribution is 2.14. The number of furan rings is 1. The number of nitrogens with one attached hydrogen (secondary N) is 3. The van der Waals surface area contributed by atoms with Gasteiger partial charge in [-0.3, -0.25) is 5.10 Å². The van der Waals surface area contributed by atoms with E-state index in [1.165, 1.54) is 0 Å². The summed E-state index contributed by atoms with van der Waals surface area (Å²) >= 11 is 0. The number of oxazole rings is 1. The largest absolute Gasteiger partial charge is 0.461 e. The highest BCUT2D eigenvalue weighted by molar-refractivity contribution is 14.0. The van der Waals surface area contributed by atoms with Gasteiger partial charge in [0.25, 0.3) is 0 Å². The second-order valence-corrected chi connectivity index (χ2v) is 5.38. The third kappa shape index (κ3) is 5.07. The topological polar surface area (TPSA) is 117 Å². The number of nitrogens with zero attached hydrogens (tertiary/aromatic N) is 4. The lowest BCUT2D eigenvalue weighted by Gasteiger charge is -2.09. The third-order valence-electron chi connectivity index (χ3n) is 3.48. The van der Waals surface area contributed by atoms with E-state index in [9.17, 15) is 0 Å². The van der Waals surface area contributed by atoms with Crippen LogP contribution >= 0.6 is 24.0 Å². The summed E-state index contributed by atoms with van der Waals surface area (Å²) in [5.41, 5.74) is 0.894. The van der Waals surface area contributed by atoms with Crippen LogP contribution in [0.2, 0.25) is 0 Å². The van der Waals surface area contributed by atoms with Gasteiger partial charge >= 0.3 is 0 Å². The molecule has 3 N–H and O–H groups in total. The van der Waals surface area contributed by atoms with E-state index in [0.717, 1.165) is 18.0 Å². The van der Waals surface area contributed by atoms with Crippen LogP contribution in [0.1, 0.15) is 30.1 Å². The molecule has 0 saturated carbocycles. The van der Waals surface area contributed by atoms with Crippen LogP contribution in [0.25, 0.3) is 11.6 Å². The number of H-pyrrole nitrogens is 1. The maximum atomic E-state index is 5.55. The SMILES string of the molecule is CCNC(=NCc1nc(-c2ccco2)n[nH]1)NCc1nc(C)c(C)o1.I. The van der Waals surface area contributed by atoms with E-state index in [0.29, 0.717) is 42.3 Å². The van der Waals surface area contributed by atoms with E-state index in [-0.39, 0.29) is 24.0 Å². The molecular weight excluding hydrogens is 449 g/mol. The summed E-state index contributed by atoms with van der Waals surface area (Å²) in [5.74, 6) is 3.87. The molecule has 26 heavy (non-hydrogen) atoms. The zero-order valence-corrected chi connectivity index (χ0v) is 17.2. The number of aliphatic imine (C=N–C) groups is 1. The first kappa shape index (κ1) is 19.9. The molecule has 0 aliphatic heterocycles. The number of aromatic nitrogens is 4. The smallest absolute Gasteiger partial charge is 0.216 e. The summed E-state index contributed by atoms with van der Waals surface area (Å²) in [7, 11) is 0.